The van der Waals surface area contributed by atoms with Gasteiger partial charge < -0.3 is 25.1 Å². The van der Waals surface area contributed by atoms with Crippen LogP contribution in [-0.2, 0) is 11.3 Å². The number of imidazole rings is 1. The Kier molecular flexibility index (Phi) is 6.01. The summed E-state index contributed by atoms with van der Waals surface area (Å²) in [5.74, 6) is 0.882. The molecule has 0 saturated carbocycles. The van der Waals surface area contributed by atoms with E-state index in [4.69, 9.17) is 26.8 Å². The van der Waals surface area contributed by atoms with E-state index in [1.54, 1.807) is 33.8 Å². The van der Waals surface area contributed by atoms with E-state index in [1.165, 1.54) is 0 Å². The Labute approximate surface area is 177 Å². The number of alkyl carbamates (subject to hydrolysis) is 1. The van der Waals surface area contributed by atoms with Crippen LogP contribution >= 0.6 is 11.6 Å². The number of aryl methyl sites for hydroxylation is 1. The quantitative estimate of drug-likeness (QED) is 0.556. The fourth-order valence-electron chi connectivity index (χ4n) is 2.75. The zero-order chi connectivity index (χ0) is 22.1. The predicted molar refractivity (Wildman–Crippen MR) is 110 cm³/mol. The number of nitrogens with zero attached hydrogens (tertiary/aromatic N) is 5. The summed E-state index contributed by atoms with van der Waals surface area (Å²) in [6.45, 7) is 9.85. The normalized spacial score (nSPS) is 12.7. The van der Waals surface area contributed by atoms with Gasteiger partial charge in [-0.1, -0.05) is 11.6 Å². The summed E-state index contributed by atoms with van der Waals surface area (Å²) in [7, 11) is 0. The Balaban J connectivity index is 1.79. The van der Waals surface area contributed by atoms with E-state index in [1.807, 2.05) is 11.5 Å². The van der Waals surface area contributed by atoms with E-state index in [-0.39, 0.29) is 29.5 Å². The maximum atomic E-state index is 11.9. The van der Waals surface area contributed by atoms with Crippen molar-refractivity contribution in [2.24, 2.45) is 0 Å². The van der Waals surface area contributed by atoms with Crippen LogP contribution in [0.2, 0.25) is 5.15 Å². The molecule has 0 aliphatic heterocycles. The molecule has 1 atom stereocenters. The highest BCUT2D eigenvalue weighted by Gasteiger charge is 2.22. The average molecular weight is 438 g/mol. The third kappa shape index (κ3) is 4.73. The molecule has 3 aromatic heterocycles. The van der Waals surface area contributed by atoms with E-state index >= 15 is 0 Å². The minimum atomic E-state index is -0.580. The van der Waals surface area contributed by atoms with Crippen molar-refractivity contribution in [3.05, 3.63) is 11.2 Å². The molecule has 30 heavy (non-hydrogen) atoms. The molecular weight excluding hydrogens is 414 g/mol. The first-order valence-corrected chi connectivity index (χ1v) is 9.74. The summed E-state index contributed by atoms with van der Waals surface area (Å²) in [5.41, 5.74) is 6.72. The van der Waals surface area contributed by atoms with Crippen LogP contribution in [0.1, 0.15) is 34.6 Å². The molecule has 0 aliphatic rings. The summed E-state index contributed by atoms with van der Waals surface area (Å²) in [5, 5.41) is 10.3. The second-order valence-corrected chi connectivity index (χ2v) is 8.01. The molecule has 0 radical (unpaired) electrons. The fraction of sp³-hybridized carbons (Fsp3) is 0.500. The topological polar surface area (TPSA) is 143 Å². The molecule has 0 fully saturated rings. The van der Waals surface area contributed by atoms with Crippen LogP contribution in [0.4, 0.5) is 10.6 Å². The second-order valence-electron chi connectivity index (χ2n) is 7.66. The van der Waals surface area contributed by atoms with E-state index in [9.17, 15) is 4.79 Å². The number of aromatic nitrogens is 5. The number of nitrogens with two attached hydrogens (primary N) is 1. The molecule has 0 spiro atoms. The number of fused-ring (bicyclic) bond motifs is 1. The zero-order valence-corrected chi connectivity index (χ0v) is 18.1. The molecule has 3 N–H and O–H groups in total. The summed E-state index contributed by atoms with van der Waals surface area (Å²) >= 11 is 6.33. The van der Waals surface area contributed by atoms with Gasteiger partial charge in [0.05, 0.1) is 11.6 Å². The van der Waals surface area contributed by atoms with E-state index in [0.29, 0.717) is 29.1 Å². The Bertz CT molecular complexity index is 1060. The van der Waals surface area contributed by atoms with Gasteiger partial charge >= 0.3 is 6.09 Å². The van der Waals surface area contributed by atoms with Crippen LogP contribution in [0.3, 0.4) is 0 Å². The van der Waals surface area contributed by atoms with Crippen molar-refractivity contribution in [2.45, 2.75) is 52.8 Å². The Morgan fingerprint density at radius 1 is 1.37 bits per heavy atom. The molecule has 0 saturated heterocycles. The first kappa shape index (κ1) is 21.6. The molecule has 162 valence electrons. The minimum Gasteiger partial charge on any atom is -0.475 e. The van der Waals surface area contributed by atoms with Crippen LogP contribution < -0.4 is 15.8 Å². The molecule has 3 aromatic rings. The number of anilines is 1. The van der Waals surface area contributed by atoms with Crippen LogP contribution in [0, 0.1) is 0 Å². The van der Waals surface area contributed by atoms with Gasteiger partial charge in [0.2, 0.25) is 5.88 Å². The highest BCUT2D eigenvalue weighted by atomic mass is 35.5. The van der Waals surface area contributed by atoms with Crippen molar-refractivity contribution >= 4 is 34.5 Å². The van der Waals surface area contributed by atoms with E-state index in [2.05, 4.69) is 30.2 Å². The zero-order valence-electron chi connectivity index (χ0n) is 17.4. The van der Waals surface area contributed by atoms with Crippen LogP contribution in [0.25, 0.3) is 22.6 Å². The monoisotopic (exact) mass is 437 g/mol. The van der Waals surface area contributed by atoms with Crippen LogP contribution in [0.5, 0.6) is 5.88 Å². The summed E-state index contributed by atoms with van der Waals surface area (Å²) < 4.78 is 17.5. The molecule has 11 nitrogen and oxygen atoms in total. The van der Waals surface area contributed by atoms with Crippen LogP contribution in [0.15, 0.2) is 10.7 Å². The smallest absolute Gasteiger partial charge is 0.407 e. The van der Waals surface area contributed by atoms with Crippen molar-refractivity contribution in [3.63, 3.8) is 0 Å². The van der Waals surface area contributed by atoms with Gasteiger partial charge in [-0.2, -0.15) is 4.98 Å². The molecule has 3 rings (SSSR count). The van der Waals surface area contributed by atoms with Gasteiger partial charge in [-0.3, -0.25) is 0 Å². The van der Waals surface area contributed by atoms with Gasteiger partial charge in [0.25, 0.3) is 0 Å². The number of carbonyl (C=O) groups excluding carboxylic acids is 1. The summed E-state index contributed by atoms with van der Waals surface area (Å²) in [4.78, 5) is 20.6. The molecule has 12 heteroatoms. The third-order valence-electron chi connectivity index (χ3n) is 3.96. The van der Waals surface area contributed by atoms with Gasteiger partial charge in [0, 0.05) is 12.6 Å². The molecule has 1 amide bonds. The van der Waals surface area contributed by atoms with Gasteiger partial charge in [-0.05, 0) is 44.9 Å². The van der Waals surface area contributed by atoms with Gasteiger partial charge in [-0.15, -0.1) is 0 Å². The molecule has 0 aromatic carbocycles. The first-order valence-electron chi connectivity index (χ1n) is 9.36. The van der Waals surface area contributed by atoms with Crippen molar-refractivity contribution in [1.29, 1.82) is 0 Å². The lowest BCUT2D eigenvalue weighted by Gasteiger charge is -2.22. The molecule has 0 bridgehead atoms. The number of halogens is 1. The second kappa shape index (κ2) is 8.34. The molecule has 0 unspecified atom stereocenters. The molecule has 0 aliphatic carbocycles. The average Bonchev–Trinajstić information content (AvgIpc) is 3.21. The van der Waals surface area contributed by atoms with E-state index < -0.39 is 11.7 Å². The molecule has 3 heterocycles. The van der Waals surface area contributed by atoms with Crippen molar-refractivity contribution in [1.82, 2.24) is 30.2 Å². The van der Waals surface area contributed by atoms with Crippen LogP contribution in [-0.4, -0.2) is 49.2 Å². The van der Waals surface area contributed by atoms with Crippen molar-refractivity contribution in [3.8, 4) is 17.4 Å². The Hall–Kier alpha value is -3.08. The molecular formula is C18H24ClN7O4. The number of nitrogens with one attached hydrogen (secondary N) is 1. The SMILES string of the molecule is CCn1c(-c2nonc2N)nc2c(Cl)nc(OC[C@@H](C)NC(=O)OC(C)(C)C)cc21. The standard InChI is InChI=1S/C18H24ClN7O4/c1-6-26-10-7-11(28-8-9(2)21-17(27)29-18(3,4)5)22-14(19)12(10)23-16(26)13-15(20)25-30-24-13/h7,9H,6,8H2,1-5H3,(H2,20,25)(H,21,27)/t9-/m1/s1. The maximum Gasteiger partial charge on any atom is 0.407 e. The number of amides is 1. The fourth-order valence-corrected chi connectivity index (χ4v) is 2.97. The van der Waals surface area contributed by atoms with Gasteiger partial charge in [0.15, 0.2) is 22.5 Å². The lowest BCUT2D eigenvalue weighted by atomic mass is 10.2. The number of pyridine rings is 1. The van der Waals surface area contributed by atoms with Crippen molar-refractivity contribution < 1.29 is 18.9 Å². The lowest BCUT2D eigenvalue weighted by Crippen LogP contribution is -2.40. The Morgan fingerprint density at radius 2 is 2.10 bits per heavy atom. The number of hydrogen-bond acceptors (Lipinski definition) is 9. The third-order valence-corrected chi connectivity index (χ3v) is 4.22. The summed E-state index contributed by atoms with van der Waals surface area (Å²) in [6.07, 6.45) is -0.521. The number of nitrogen functional groups attached to an aromatic ring is 1. The highest BCUT2D eigenvalue weighted by Crippen LogP contribution is 2.31. The van der Waals surface area contributed by atoms with Gasteiger partial charge in [-0.25, -0.2) is 14.4 Å². The minimum absolute atomic E-state index is 0.127. The maximum absolute atomic E-state index is 11.9. The number of hydrogen-bond donors (Lipinski definition) is 2. The van der Waals surface area contributed by atoms with E-state index in [0.717, 1.165) is 0 Å². The van der Waals surface area contributed by atoms with Crippen molar-refractivity contribution in [2.75, 3.05) is 12.3 Å². The number of ether oxygens (including phenoxy) is 2. The first-order chi connectivity index (χ1) is 14.1. The largest absolute Gasteiger partial charge is 0.475 e. The number of carbonyl (C=O) groups is 1. The van der Waals surface area contributed by atoms with Gasteiger partial charge in [0.1, 0.15) is 17.7 Å². The highest BCUT2D eigenvalue weighted by molar-refractivity contribution is 6.33. The predicted octanol–water partition coefficient (Wildman–Crippen LogP) is 3.03. The lowest BCUT2D eigenvalue weighted by molar-refractivity contribution is 0.0493. The number of rotatable bonds is 6. The Morgan fingerprint density at radius 3 is 2.70 bits per heavy atom. The summed E-state index contributed by atoms with van der Waals surface area (Å²) in [6, 6.07) is 1.40.